The van der Waals surface area contributed by atoms with E-state index in [-0.39, 0.29) is 10.9 Å². The SMILES string of the molecule is C=C[C@H]1CN2CC[C@H]1C[C@H]2[C@H](O)c1ccnc2ccc(OC)cc12.NS(=O)(=O)c1ccccc1. The van der Waals surface area contributed by atoms with Gasteiger partial charge in [-0.1, -0.05) is 24.3 Å². The number of aromatic nitrogens is 1. The summed E-state index contributed by atoms with van der Waals surface area (Å²) in [7, 11) is -1.84. The molecule has 1 unspecified atom stereocenters. The van der Waals surface area contributed by atoms with Gasteiger partial charge >= 0.3 is 0 Å². The molecule has 8 heteroatoms. The van der Waals surface area contributed by atoms with Gasteiger partial charge in [0.2, 0.25) is 10.0 Å². The Kier molecular flexibility index (Phi) is 7.33. The van der Waals surface area contributed by atoms with E-state index in [9.17, 15) is 13.5 Å². The van der Waals surface area contributed by atoms with Crippen LogP contribution in [0.25, 0.3) is 10.9 Å². The number of nitrogens with zero attached hydrogens (tertiary/aromatic N) is 2. The molecule has 6 rings (SSSR count). The van der Waals surface area contributed by atoms with E-state index in [1.807, 2.05) is 24.3 Å². The van der Waals surface area contributed by atoms with E-state index in [4.69, 9.17) is 9.88 Å². The molecule has 0 amide bonds. The number of aliphatic hydroxyl groups is 1. The summed E-state index contributed by atoms with van der Waals surface area (Å²) in [5, 5.41) is 17.0. The molecule has 0 spiro atoms. The molecule has 180 valence electrons. The van der Waals surface area contributed by atoms with E-state index >= 15 is 0 Å². The molecule has 7 nitrogen and oxygen atoms in total. The number of rotatable bonds is 5. The number of hydrogen-bond acceptors (Lipinski definition) is 6. The molecule has 3 fully saturated rings. The average Bonchev–Trinajstić information content (AvgIpc) is 2.88. The van der Waals surface area contributed by atoms with Crippen LogP contribution in [-0.2, 0) is 10.0 Å². The number of piperidine rings is 3. The third-order valence-corrected chi connectivity index (χ3v) is 7.82. The Bertz CT molecular complexity index is 1250. The predicted octanol–water partition coefficient (Wildman–Crippen LogP) is 3.51. The van der Waals surface area contributed by atoms with Crippen molar-refractivity contribution in [3.63, 3.8) is 0 Å². The first-order valence-corrected chi connectivity index (χ1v) is 12.9. The lowest BCUT2D eigenvalue weighted by atomic mass is 9.73. The standard InChI is InChI=1S/C20H24N2O2.C6H7NO2S/c1-3-13-12-22-9-7-14(13)10-19(22)20(23)16-6-8-21-18-5-4-15(24-2)11-17(16)18;7-10(8,9)6-4-2-1-3-5-6/h3-6,8,11,13-14,19-20,23H,1,7,9-10,12H2,2H3;1-5H,(H2,7,8,9)/t13-,14-,19-,20+;/m0./s1. The van der Waals surface area contributed by atoms with Crippen LogP contribution >= 0.6 is 0 Å². The number of aliphatic hydroxyl groups excluding tert-OH is 1. The Morgan fingerprint density at radius 3 is 2.59 bits per heavy atom. The lowest BCUT2D eigenvalue weighted by Gasteiger charge is -2.50. The lowest BCUT2D eigenvalue weighted by molar-refractivity contribution is -0.0444. The first-order chi connectivity index (χ1) is 16.3. The molecular formula is C26H31N3O4S. The third-order valence-electron chi connectivity index (χ3n) is 6.89. The maximum atomic E-state index is 11.2. The van der Waals surface area contributed by atoms with Crippen LogP contribution in [0.2, 0.25) is 0 Å². The molecule has 4 heterocycles. The van der Waals surface area contributed by atoms with Gasteiger partial charge in [-0.15, -0.1) is 6.58 Å². The molecule has 3 N–H and O–H groups in total. The van der Waals surface area contributed by atoms with Gasteiger partial charge in [0.05, 0.1) is 23.6 Å². The van der Waals surface area contributed by atoms with E-state index in [0.29, 0.717) is 11.8 Å². The Hall–Kier alpha value is -2.78. The van der Waals surface area contributed by atoms with Crippen molar-refractivity contribution < 1.29 is 18.3 Å². The molecule has 2 aromatic carbocycles. The van der Waals surface area contributed by atoms with E-state index in [0.717, 1.165) is 41.7 Å². The van der Waals surface area contributed by atoms with Crippen LogP contribution in [0.4, 0.5) is 0 Å². The monoisotopic (exact) mass is 481 g/mol. The van der Waals surface area contributed by atoms with Gasteiger partial charge in [-0.25, -0.2) is 13.6 Å². The summed E-state index contributed by atoms with van der Waals surface area (Å²) in [5.41, 5.74) is 1.85. The van der Waals surface area contributed by atoms with Crippen LogP contribution < -0.4 is 9.88 Å². The number of pyridine rings is 1. The summed E-state index contributed by atoms with van der Waals surface area (Å²) < 4.78 is 26.6. The zero-order valence-corrected chi connectivity index (χ0v) is 20.1. The van der Waals surface area contributed by atoms with Crippen molar-refractivity contribution in [2.75, 3.05) is 20.2 Å². The van der Waals surface area contributed by atoms with Crippen LogP contribution in [0.3, 0.4) is 0 Å². The highest BCUT2D eigenvalue weighted by atomic mass is 32.2. The molecular weight excluding hydrogens is 450 g/mol. The van der Waals surface area contributed by atoms with Crippen molar-refractivity contribution in [2.45, 2.75) is 29.9 Å². The van der Waals surface area contributed by atoms with Crippen LogP contribution in [0, 0.1) is 11.8 Å². The van der Waals surface area contributed by atoms with Gasteiger partial charge in [-0.05, 0) is 73.2 Å². The fourth-order valence-corrected chi connectivity index (χ4v) is 5.59. The fourth-order valence-electron chi connectivity index (χ4n) is 5.05. The average molecular weight is 482 g/mol. The number of methoxy groups -OCH3 is 1. The molecule has 0 saturated carbocycles. The Morgan fingerprint density at radius 2 is 2.00 bits per heavy atom. The van der Waals surface area contributed by atoms with Crippen molar-refractivity contribution in [2.24, 2.45) is 17.0 Å². The highest BCUT2D eigenvalue weighted by Crippen LogP contribution is 2.42. The van der Waals surface area contributed by atoms with Crippen molar-refractivity contribution in [1.82, 2.24) is 9.88 Å². The van der Waals surface area contributed by atoms with Gasteiger partial charge in [0.15, 0.2) is 0 Å². The molecule has 3 aromatic rings. The number of ether oxygens (including phenoxy) is 1. The van der Waals surface area contributed by atoms with E-state index in [1.54, 1.807) is 31.5 Å². The van der Waals surface area contributed by atoms with Crippen LogP contribution in [0.5, 0.6) is 5.75 Å². The topological polar surface area (TPSA) is 106 Å². The van der Waals surface area contributed by atoms with Crippen molar-refractivity contribution >= 4 is 20.9 Å². The summed E-state index contributed by atoms with van der Waals surface area (Å²) in [6.45, 7) is 6.07. The zero-order chi connectivity index (χ0) is 24.3. The van der Waals surface area contributed by atoms with E-state index < -0.39 is 16.1 Å². The number of fused-ring (bicyclic) bond motifs is 4. The van der Waals surface area contributed by atoms with Gasteiger partial charge < -0.3 is 9.84 Å². The molecule has 3 aliphatic heterocycles. The molecule has 34 heavy (non-hydrogen) atoms. The van der Waals surface area contributed by atoms with Crippen molar-refractivity contribution in [3.8, 4) is 5.75 Å². The Morgan fingerprint density at radius 1 is 1.24 bits per heavy atom. The quantitative estimate of drug-likeness (QED) is 0.540. The highest BCUT2D eigenvalue weighted by molar-refractivity contribution is 7.89. The van der Waals surface area contributed by atoms with E-state index in [2.05, 4.69) is 22.5 Å². The number of benzene rings is 2. The number of sulfonamides is 1. The number of nitrogens with two attached hydrogens (primary N) is 1. The molecule has 0 radical (unpaired) electrons. The first kappa shape index (κ1) is 24.3. The summed E-state index contributed by atoms with van der Waals surface area (Å²) in [4.78, 5) is 7.01. The molecule has 3 saturated heterocycles. The van der Waals surface area contributed by atoms with E-state index in [1.165, 1.54) is 18.6 Å². The second-order valence-electron chi connectivity index (χ2n) is 8.83. The largest absolute Gasteiger partial charge is 0.497 e. The first-order valence-electron chi connectivity index (χ1n) is 11.4. The van der Waals surface area contributed by atoms with Crippen molar-refractivity contribution in [3.05, 3.63) is 79.0 Å². The second kappa shape index (κ2) is 10.2. The Balaban J connectivity index is 0.000000231. The number of primary sulfonamides is 1. The number of hydrogen-bond donors (Lipinski definition) is 2. The van der Waals surface area contributed by atoms with Gasteiger partial charge in [-0.2, -0.15) is 0 Å². The Labute approximate surface area is 200 Å². The van der Waals surface area contributed by atoms with Crippen molar-refractivity contribution in [1.29, 1.82) is 0 Å². The molecule has 2 bridgehead atoms. The van der Waals surface area contributed by atoms with Gasteiger partial charge in [0.25, 0.3) is 0 Å². The van der Waals surface area contributed by atoms with Crippen LogP contribution in [-0.4, -0.2) is 49.6 Å². The second-order valence-corrected chi connectivity index (χ2v) is 10.4. The van der Waals surface area contributed by atoms with Crippen LogP contribution in [0.15, 0.2) is 78.3 Å². The molecule has 0 aliphatic carbocycles. The van der Waals surface area contributed by atoms with Gasteiger partial charge in [0.1, 0.15) is 5.75 Å². The summed E-state index contributed by atoms with van der Waals surface area (Å²) in [6, 6.07) is 15.8. The minimum atomic E-state index is -3.50. The summed E-state index contributed by atoms with van der Waals surface area (Å²) >= 11 is 0. The van der Waals surface area contributed by atoms with Gasteiger partial charge in [0, 0.05) is 24.2 Å². The maximum Gasteiger partial charge on any atom is 0.238 e. The lowest BCUT2D eigenvalue weighted by Crippen LogP contribution is -2.54. The summed E-state index contributed by atoms with van der Waals surface area (Å²) in [6.07, 6.45) is 5.62. The highest BCUT2D eigenvalue weighted by Gasteiger charge is 2.42. The molecule has 3 aliphatic rings. The predicted molar refractivity (Wildman–Crippen MR) is 133 cm³/mol. The molecule has 5 atom stereocenters. The minimum absolute atomic E-state index is 0.148. The molecule has 1 aromatic heterocycles. The van der Waals surface area contributed by atoms with Gasteiger partial charge in [-0.3, -0.25) is 9.88 Å². The zero-order valence-electron chi connectivity index (χ0n) is 19.2. The normalized spacial score (nSPS) is 24.7. The smallest absolute Gasteiger partial charge is 0.238 e. The minimum Gasteiger partial charge on any atom is -0.497 e. The maximum absolute atomic E-state index is 11.2. The van der Waals surface area contributed by atoms with Crippen LogP contribution in [0.1, 0.15) is 24.5 Å². The third kappa shape index (κ3) is 5.15. The summed E-state index contributed by atoms with van der Waals surface area (Å²) in [5.74, 6) is 2.01. The fraction of sp³-hybridized carbons (Fsp3) is 0.346.